The van der Waals surface area contributed by atoms with Crippen molar-refractivity contribution in [3.05, 3.63) is 0 Å². The van der Waals surface area contributed by atoms with Gasteiger partial charge in [0, 0.05) is 20.1 Å². The molecular weight excluding hydrogens is 102 g/mol. The molecular formula is C5H15N3. The van der Waals surface area contributed by atoms with Crippen molar-refractivity contribution in [2.75, 3.05) is 14.1 Å². The Balaban J connectivity index is 3.46. The molecule has 0 saturated heterocycles. The number of hydrogen-bond donors (Lipinski definition) is 1. The van der Waals surface area contributed by atoms with E-state index >= 15 is 0 Å². The summed E-state index contributed by atoms with van der Waals surface area (Å²) in [7, 11) is 3.83. The molecule has 0 spiro atoms. The maximum Gasteiger partial charge on any atom is 0.0343 e. The molecule has 0 radical (unpaired) electrons. The molecule has 0 amide bonds. The monoisotopic (exact) mass is 117 g/mol. The molecule has 0 aromatic heterocycles. The molecule has 8 heavy (non-hydrogen) atoms. The second-order valence-electron chi connectivity index (χ2n) is 2.32. The lowest BCUT2D eigenvalue weighted by atomic mass is 10.4. The van der Waals surface area contributed by atoms with Crippen molar-refractivity contribution in [3.63, 3.8) is 0 Å². The molecule has 0 heterocycles. The van der Waals surface area contributed by atoms with E-state index in [9.17, 15) is 0 Å². The van der Waals surface area contributed by atoms with Crippen molar-refractivity contribution in [1.29, 1.82) is 0 Å². The van der Waals surface area contributed by atoms with Crippen molar-refractivity contribution in [2.45, 2.75) is 19.9 Å². The van der Waals surface area contributed by atoms with Gasteiger partial charge < -0.3 is 0 Å². The Bertz CT molecular complexity index is 52.7. The van der Waals surface area contributed by atoms with Crippen LogP contribution < -0.4 is 5.84 Å². The van der Waals surface area contributed by atoms with E-state index < -0.39 is 0 Å². The van der Waals surface area contributed by atoms with Crippen molar-refractivity contribution in [1.82, 2.24) is 10.1 Å². The molecule has 50 valence electrons. The predicted molar refractivity (Wildman–Crippen MR) is 34.8 cm³/mol. The first-order valence-electron chi connectivity index (χ1n) is 2.77. The molecule has 0 aromatic rings. The first-order valence-corrected chi connectivity index (χ1v) is 2.77. The quantitative estimate of drug-likeness (QED) is 0.409. The molecule has 0 fully saturated rings. The van der Waals surface area contributed by atoms with Crippen LogP contribution in [0, 0.1) is 0 Å². The topological polar surface area (TPSA) is 32.5 Å². The second-order valence-corrected chi connectivity index (χ2v) is 2.32. The predicted octanol–water partition coefficient (Wildman–Crippen LogP) is 0.0471. The summed E-state index contributed by atoms with van der Waals surface area (Å²) in [5.41, 5.74) is 0. The fraction of sp³-hybridized carbons (Fsp3) is 1.00. The number of hydrazine groups is 2. The summed E-state index contributed by atoms with van der Waals surface area (Å²) in [4.78, 5) is 0. The molecule has 3 nitrogen and oxygen atoms in total. The summed E-state index contributed by atoms with van der Waals surface area (Å²) in [6.07, 6.45) is 0. The van der Waals surface area contributed by atoms with E-state index in [4.69, 9.17) is 5.84 Å². The van der Waals surface area contributed by atoms with E-state index in [1.54, 1.807) is 5.12 Å². The zero-order valence-electron chi connectivity index (χ0n) is 6.05. The molecule has 0 aliphatic heterocycles. The first-order chi connectivity index (χ1) is 3.55. The van der Waals surface area contributed by atoms with Gasteiger partial charge >= 0.3 is 0 Å². The summed E-state index contributed by atoms with van der Waals surface area (Å²) < 4.78 is 0. The fourth-order valence-electron chi connectivity index (χ4n) is 0.462. The second kappa shape index (κ2) is 3.02. The van der Waals surface area contributed by atoms with Crippen LogP contribution in [0.3, 0.4) is 0 Å². The van der Waals surface area contributed by atoms with Crippen LogP contribution in [-0.4, -0.2) is 30.3 Å². The van der Waals surface area contributed by atoms with Gasteiger partial charge in [-0.1, -0.05) is 0 Å². The van der Waals surface area contributed by atoms with E-state index in [1.807, 2.05) is 33.0 Å². The first kappa shape index (κ1) is 7.88. The Morgan fingerprint density at radius 3 is 1.62 bits per heavy atom. The zero-order chi connectivity index (χ0) is 6.73. The molecule has 0 unspecified atom stereocenters. The van der Waals surface area contributed by atoms with E-state index in [0.717, 1.165) is 0 Å². The van der Waals surface area contributed by atoms with Crippen LogP contribution in [0.4, 0.5) is 0 Å². The van der Waals surface area contributed by atoms with E-state index in [2.05, 4.69) is 0 Å². The van der Waals surface area contributed by atoms with Crippen LogP contribution >= 0.6 is 0 Å². The molecule has 0 saturated carbocycles. The minimum atomic E-state index is 0.380. The van der Waals surface area contributed by atoms with Gasteiger partial charge in [-0.25, -0.2) is 5.01 Å². The van der Waals surface area contributed by atoms with Gasteiger partial charge in [-0.3, -0.25) is 5.84 Å². The van der Waals surface area contributed by atoms with Gasteiger partial charge in [0.1, 0.15) is 0 Å². The molecule has 0 aromatic carbocycles. The number of nitrogens with two attached hydrogens (primary N) is 1. The highest BCUT2D eigenvalue weighted by Gasteiger charge is 2.03. The fourth-order valence-corrected chi connectivity index (χ4v) is 0.462. The Kier molecular flexibility index (Phi) is 2.97. The smallest absolute Gasteiger partial charge is 0.0343 e. The lowest BCUT2D eigenvalue weighted by molar-refractivity contribution is -0.00656. The summed E-state index contributed by atoms with van der Waals surface area (Å²) in [5, 5.41) is 3.52. The number of nitrogens with zero attached hydrogens (tertiary/aromatic N) is 2. The average Bonchev–Trinajstić information content (AvgIpc) is 1.64. The summed E-state index contributed by atoms with van der Waals surface area (Å²) in [6.45, 7) is 4.08. The molecule has 0 rings (SSSR count). The Morgan fingerprint density at radius 1 is 1.25 bits per heavy atom. The Labute approximate surface area is 51.0 Å². The van der Waals surface area contributed by atoms with Gasteiger partial charge in [0.05, 0.1) is 0 Å². The van der Waals surface area contributed by atoms with Crippen LogP contribution in [0.5, 0.6) is 0 Å². The average molecular weight is 117 g/mol. The van der Waals surface area contributed by atoms with Gasteiger partial charge in [0.25, 0.3) is 0 Å². The maximum atomic E-state index is 5.52. The third-order valence-corrected chi connectivity index (χ3v) is 0.991. The number of hydrogen-bond acceptors (Lipinski definition) is 3. The SMILES string of the molecule is CC(C)N(N)N(C)C. The minimum Gasteiger partial charge on any atom is -0.255 e. The van der Waals surface area contributed by atoms with Crippen LogP contribution in [0.1, 0.15) is 13.8 Å². The van der Waals surface area contributed by atoms with E-state index in [1.165, 1.54) is 0 Å². The third-order valence-electron chi connectivity index (χ3n) is 0.991. The van der Waals surface area contributed by atoms with Gasteiger partial charge in [0.15, 0.2) is 0 Å². The zero-order valence-corrected chi connectivity index (χ0v) is 6.05. The molecule has 0 aliphatic carbocycles. The van der Waals surface area contributed by atoms with Crippen LogP contribution in [0.15, 0.2) is 0 Å². The normalized spacial score (nSPS) is 12.0. The number of rotatable bonds is 2. The van der Waals surface area contributed by atoms with Gasteiger partial charge in [0.2, 0.25) is 0 Å². The third kappa shape index (κ3) is 2.26. The molecule has 0 aliphatic rings. The summed E-state index contributed by atoms with van der Waals surface area (Å²) in [6, 6.07) is 0.380. The van der Waals surface area contributed by atoms with E-state index in [0.29, 0.717) is 6.04 Å². The van der Waals surface area contributed by atoms with Gasteiger partial charge in [-0.2, -0.15) is 5.12 Å². The lowest BCUT2D eigenvalue weighted by Gasteiger charge is -2.26. The maximum absolute atomic E-state index is 5.52. The highest BCUT2D eigenvalue weighted by molar-refractivity contribution is 4.45. The molecule has 0 atom stereocenters. The van der Waals surface area contributed by atoms with Crippen molar-refractivity contribution in [2.24, 2.45) is 5.84 Å². The highest BCUT2D eigenvalue weighted by atomic mass is 15.7. The molecule has 2 N–H and O–H groups in total. The summed E-state index contributed by atoms with van der Waals surface area (Å²) in [5.74, 6) is 5.52. The van der Waals surface area contributed by atoms with Crippen molar-refractivity contribution < 1.29 is 0 Å². The molecule has 0 bridgehead atoms. The Hall–Kier alpha value is -0.120. The van der Waals surface area contributed by atoms with Crippen LogP contribution in [-0.2, 0) is 0 Å². The van der Waals surface area contributed by atoms with E-state index in [-0.39, 0.29) is 0 Å². The van der Waals surface area contributed by atoms with Crippen molar-refractivity contribution in [3.8, 4) is 0 Å². The van der Waals surface area contributed by atoms with Gasteiger partial charge in [-0.05, 0) is 13.8 Å². The van der Waals surface area contributed by atoms with Crippen LogP contribution in [0.2, 0.25) is 0 Å². The van der Waals surface area contributed by atoms with Crippen molar-refractivity contribution >= 4 is 0 Å². The highest BCUT2D eigenvalue weighted by Crippen LogP contribution is 1.89. The lowest BCUT2D eigenvalue weighted by Crippen LogP contribution is -2.47. The van der Waals surface area contributed by atoms with Gasteiger partial charge in [-0.15, -0.1) is 0 Å². The minimum absolute atomic E-state index is 0.380. The largest absolute Gasteiger partial charge is 0.255 e. The summed E-state index contributed by atoms with van der Waals surface area (Å²) >= 11 is 0. The molecule has 3 heteroatoms. The van der Waals surface area contributed by atoms with Crippen LogP contribution in [0.25, 0.3) is 0 Å². The Morgan fingerprint density at radius 2 is 1.62 bits per heavy atom. The standard InChI is InChI=1S/C5H15N3/c1-5(2)8(6)7(3)4/h5H,6H2,1-4H3.